The van der Waals surface area contributed by atoms with Gasteiger partial charge in [0.15, 0.2) is 0 Å². The Balaban J connectivity index is 2.72. The Morgan fingerprint density at radius 1 is 1.43 bits per heavy atom. The van der Waals surface area contributed by atoms with Crippen LogP contribution in [0, 0.1) is 0 Å². The number of nitrogens with two attached hydrogens (primary N) is 1. The van der Waals surface area contributed by atoms with Crippen molar-refractivity contribution in [3.63, 3.8) is 0 Å². The molecular formula is C11H19N3. The molecule has 14 heavy (non-hydrogen) atoms. The maximum absolute atomic E-state index is 5.52. The lowest BCUT2D eigenvalue weighted by molar-refractivity contribution is 0.687. The summed E-state index contributed by atoms with van der Waals surface area (Å²) in [5.74, 6) is 1.50. The van der Waals surface area contributed by atoms with Gasteiger partial charge in [-0.1, -0.05) is 13.0 Å². The molecular weight excluding hydrogens is 174 g/mol. The fraction of sp³-hybridized carbons (Fsp3) is 0.545. The van der Waals surface area contributed by atoms with Crippen LogP contribution in [0.3, 0.4) is 0 Å². The van der Waals surface area contributed by atoms with E-state index in [2.05, 4.69) is 18.0 Å². The van der Waals surface area contributed by atoms with Crippen LogP contribution in [0.2, 0.25) is 0 Å². The molecule has 3 nitrogen and oxygen atoms in total. The fourth-order valence-corrected chi connectivity index (χ4v) is 1.37. The number of nitrogens with zero attached hydrogens (tertiary/aromatic N) is 2. The number of pyridine rings is 1. The summed E-state index contributed by atoms with van der Waals surface area (Å²) in [4.78, 5) is 6.36. The summed E-state index contributed by atoms with van der Waals surface area (Å²) in [5.41, 5.74) is 6.78. The molecule has 0 amide bonds. The number of anilines is 1. The van der Waals surface area contributed by atoms with Gasteiger partial charge >= 0.3 is 0 Å². The molecule has 0 radical (unpaired) electrons. The minimum atomic E-state index is 0.503. The van der Waals surface area contributed by atoms with E-state index in [1.807, 2.05) is 31.3 Å². The first-order valence-electron chi connectivity index (χ1n) is 4.98. The van der Waals surface area contributed by atoms with Crippen LogP contribution in [0.15, 0.2) is 18.3 Å². The third kappa shape index (κ3) is 2.70. The molecule has 1 aromatic rings. The van der Waals surface area contributed by atoms with Crippen molar-refractivity contribution >= 4 is 5.82 Å². The van der Waals surface area contributed by atoms with E-state index in [9.17, 15) is 0 Å². The zero-order valence-electron chi connectivity index (χ0n) is 9.20. The van der Waals surface area contributed by atoms with E-state index in [4.69, 9.17) is 5.73 Å². The van der Waals surface area contributed by atoms with Crippen LogP contribution in [-0.2, 0) is 0 Å². The van der Waals surface area contributed by atoms with Crippen LogP contribution in [0.25, 0.3) is 0 Å². The van der Waals surface area contributed by atoms with Crippen LogP contribution in [0.1, 0.15) is 24.8 Å². The van der Waals surface area contributed by atoms with Crippen LogP contribution < -0.4 is 10.6 Å². The number of rotatable bonds is 4. The molecule has 0 aliphatic heterocycles. The van der Waals surface area contributed by atoms with Gasteiger partial charge in [0, 0.05) is 20.3 Å². The molecule has 1 aromatic heterocycles. The Morgan fingerprint density at radius 2 is 2.14 bits per heavy atom. The van der Waals surface area contributed by atoms with Crippen molar-refractivity contribution in [2.24, 2.45) is 5.73 Å². The van der Waals surface area contributed by atoms with Gasteiger partial charge in [-0.15, -0.1) is 0 Å². The minimum absolute atomic E-state index is 0.503. The lowest BCUT2D eigenvalue weighted by atomic mass is 10.00. The highest BCUT2D eigenvalue weighted by atomic mass is 15.1. The van der Waals surface area contributed by atoms with Gasteiger partial charge in [0.2, 0.25) is 0 Å². The molecule has 0 saturated heterocycles. The predicted octanol–water partition coefficient (Wildman–Crippen LogP) is 1.60. The van der Waals surface area contributed by atoms with Crippen molar-refractivity contribution in [3.05, 3.63) is 23.9 Å². The van der Waals surface area contributed by atoms with Crippen molar-refractivity contribution in [2.45, 2.75) is 19.3 Å². The van der Waals surface area contributed by atoms with Gasteiger partial charge in [0.05, 0.1) is 0 Å². The first kappa shape index (κ1) is 11.0. The highest BCUT2D eigenvalue weighted by Gasteiger charge is 2.05. The van der Waals surface area contributed by atoms with Crippen LogP contribution in [0.4, 0.5) is 5.82 Å². The predicted molar refractivity (Wildman–Crippen MR) is 60.7 cm³/mol. The van der Waals surface area contributed by atoms with Gasteiger partial charge in [0.1, 0.15) is 5.82 Å². The standard InChI is InChI=1S/C11H19N3/c1-9(6-7-12)10-4-5-11(13-8-10)14(2)3/h4-5,8-9H,6-7,12H2,1-3H3. The summed E-state index contributed by atoms with van der Waals surface area (Å²) < 4.78 is 0. The van der Waals surface area contributed by atoms with E-state index < -0.39 is 0 Å². The molecule has 2 N–H and O–H groups in total. The minimum Gasteiger partial charge on any atom is -0.363 e. The summed E-state index contributed by atoms with van der Waals surface area (Å²) >= 11 is 0. The lowest BCUT2D eigenvalue weighted by Crippen LogP contribution is -2.11. The Bertz CT molecular complexity index is 266. The van der Waals surface area contributed by atoms with Crippen molar-refractivity contribution < 1.29 is 0 Å². The second-order valence-corrected chi connectivity index (χ2v) is 3.82. The van der Waals surface area contributed by atoms with Crippen LogP contribution in [-0.4, -0.2) is 25.6 Å². The largest absolute Gasteiger partial charge is 0.363 e. The Hall–Kier alpha value is -1.09. The number of hydrogen-bond donors (Lipinski definition) is 1. The molecule has 1 unspecified atom stereocenters. The second-order valence-electron chi connectivity index (χ2n) is 3.82. The molecule has 1 rings (SSSR count). The van der Waals surface area contributed by atoms with E-state index in [0.717, 1.165) is 18.8 Å². The van der Waals surface area contributed by atoms with E-state index in [-0.39, 0.29) is 0 Å². The summed E-state index contributed by atoms with van der Waals surface area (Å²) in [6.45, 7) is 2.91. The van der Waals surface area contributed by atoms with Gasteiger partial charge in [-0.25, -0.2) is 4.98 Å². The van der Waals surface area contributed by atoms with E-state index in [0.29, 0.717) is 5.92 Å². The monoisotopic (exact) mass is 193 g/mol. The van der Waals surface area contributed by atoms with Gasteiger partial charge < -0.3 is 10.6 Å². The Morgan fingerprint density at radius 3 is 2.57 bits per heavy atom. The SMILES string of the molecule is CC(CCN)c1ccc(N(C)C)nc1. The van der Waals surface area contributed by atoms with Crippen molar-refractivity contribution in [1.82, 2.24) is 4.98 Å². The lowest BCUT2D eigenvalue weighted by Gasteiger charge is -2.14. The van der Waals surface area contributed by atoms with E-state index in [1.54, 1.807) is 0 Å². The highest BCUT2D eigenvalue weighted by Crippen LogP contribution is 2.18. The maximum Gasteiger partial charge on any atom is 0.127 e. The molecule has 1 atom stereocenters. The van der Waals surface area contributed by atoms with E-state index >= 15 is 0 Å². The molecule has 1 heterocycles. The molecule has 0 fully saturated rings. The number of aromatic nitrogens is 1. The number of hydrogen-bond acceptors (Lipinski definition) is 3. The molecule has 0 aromatic carbocycles. The van der Waals surface area contributed by atoms with Crippen LogP contribution >= 0.6 is 0 Å². The van der Waals surface area contributed by atoms with Crippen LogP contribution in [0.5, 0.6) is 0 Å². The topological polar surface area (TPSA) is 42.1 Å². The highest BCUT2D eigenvalue weighted by molar-refractivity contribution is 5.37. The van der Waals surface area contributed by atoms with Gasteiger partial charge in [-0.2, -0.15) is 0 Å². The first-order valence-corrected chi connectivity index (χ1v) is 4.98. The van der Waals surface area contributed by atoms with Gasteiger partial charge in [0.25, 0.3) is 0 Å². The van der Waals surface area contributed by atoms with Gasteiger partial charge in [-0.05, 0) is 30.5 Å². The Kier molecular flexibility index (Phi) is 3.89. The second kappa shape index (κ2) is 4.96. The smallest absolute Gasteiger partial charge is 0.127 e. The first-order chi connectivity index (χ1) is 6.65. The molecule has 0 saturated carbocycles. The van der Waals surface area contributed by atoms with Crippen molar-refractivity contribution in [1.29, 1.82) is 0 Å². The summed E-state index contributed by atoms with van der Waals surface area (Å²) in [6.07, 6.45) is 2.96. The summed E-state index contributed by atoms with van der Waals surface area (Å²) in [6, 6.07) is 4.17. The van der Waals surface area contributed by atoms with Gasteiger partial charge in [-0.3, -0.25) is 0 Å². The molecule has 3 heteroatoms. The average Bonchev–Trinajstić information content (AvgIpc) is 2.18. The molecule has 0 bridgehead atoms. The van der Waals surface area contributed by atoms with E-state index in [1.165, 1.54) is 5.56 Å². The normalized spacial score (nSPS) is 12.6. The van der Waals surface area contributed by atoms with Crippen molar-refractivity contribution in [2.75, 3.05) is 25.5 Å². The quantitative estimate of drug-likeness (QED) is 0.789. The summed E-state index contributed by atoms with van der Waals surface area (Å²) in [5, 5.41) is 0. The average molecular weight is 193 g/mol. The maximum atomic E-state index is 5.52. The molecule has 78 valence electrons. The molecule has 0 spiro atoms. The molecule has 0 aliphatic rings. The zero-order chi connectivity index (χ0) is 10.6. The third-order valence-corrected chi connectivity index (χ3v) is 2.40. The summed E-state index contributed by atoms with van der Waals surface area (Å²) in [7, 11) is 3.98. The fourth-order valence-electron chi connectivity index (χ4n) is 1.37. The third-order valence-electron chi connectivity index (χ3n) is 2.40. The zero-order valence-corrected chi connectivity index (χ0v) is 9.20. The Labute approximate surface area is 85.9 Å². The van der Waals surface area contributed by atoms with Crippen molar-refractivity contribution in [3.8, 4) is 0 Å². The molecule has 0 aliphatic carbocycles.